The van der Waals surface area contributed by atoms with Crippen molar-refractivity contribution in [3.8, 4) is 0 Å². The van der Waals surface area contributed by atoms with Crippen molar-refractivity contribution >= 4 is 5.78 Å². The number of hydrogen-bond donors (Lipinski definition) is 0. The molecule has 0 aliphatic heterocycles. The van der Waals surface area contributed by atoms with E-state index < -0.39 is 0 Å². The van der Waals surface area contributed by atoms with Crippen LogP contribution in [0.4, 0.5) is 0 Å². The number of rotatable bonds is 5. The lowest BCUT2D eigenvalue weighted by Crippen LogP contribution is -2.27. The zero-order valence-electron chi connectivity index (χ0n) is 12.2. The molecule has 0 amide bonds. The fourth-order valence-corrected chi connectivity index (χ4v) is 1.71. The van der Waals surface area contributed by atoms with Crippen LogP contribution in [0, 0.1) is 12.3 Å². The highest BCUT2D eigenvalue weighted by Crippen LogP contribution is 2.16. The molecule has 0 fully saturated rings. The van der Waals surface area contributed by atoms with Crippen molar-refractivity contribution in [3.05, 3.63) is 29.6 Å². The molecule has 1 aromatic rings. The molecule has 0 bridgehead atoms. The van der Waals surface area contributed by atoms with Crippen molar-refractivity contribution in [1.29, 1.82) is 0 Å². The third-order valence-corrected chi connectivity index (χ3v) is 2.94. The van der Waals surface area contributed by atoms with E-state index >= 15 is 0 Å². The van der Waals surface area contributed by atoms with Crippen LogP contribution in [0.2, 0.25) is 0 Å². The summed E-state index contributed by atoms with van der Waals surface area (Å²) in [5.74, 6) is 0.312. The Balaban J connectivity index is 2.43. The molecule has 0 N–H and O–H groups in total. The summed E-state index contributed by atoms with van der Waals surface area (Å²) in [4.78, 5) is 18.4. The Morgan fingerprint density at radius 1 is 1.33 bits per heavy atom. The van der Waals surface area contributed by atoms with Crippen LogP contribution in [0.1, 0.15) is 38.6 Å². The number of carbonyl (C=O) groups is 1. The predicted molar refractivity (Wildman–Crippen MR) is 74.4 cm³/mol. The predicted octanol–water partition coefficient (Wildman–Crippen LogP) is 2.83. The van der Waals surface area contributed by atoms with Gasteiger partial charge >= 0.3 is 0 Å². The lowest BCUT2D eigenvalue weighted by atomic mass is 9.89. The number of hydrogen-bond acceptors (Lipinski definition) is 3. The highest BCUT2D eigenvalue weighted by atomic mass is 16.1. The zero-order valence-corrected chi connectivity index (χ0v) is 12.2. The molecule has 0 aliphatic rings. The first-order valence-electron chi connectivity index (χ1n) is 6.43. The Kier molecular flexibility index (Phi) is 5.03. The largest absolute Gasteiger partial charge is 0.300 e. The molecular weight excluding hydrogens is 224 g/mol. The molecule has 0 saturated heterocycles. The molecule has 0 atom stereocenters. The Hall–Kier alpha value is -1.22. The summed E-state index contributed by atoms with van der Waals surface area (Å²) in [6, 6.07) is 6.04. The molecule has 18 heavy (non-hydrogen) atoms. The van der Waals surface area contributed by atoms with E-state index in [0.717, 1.165) is 24.5 Å². The Morgan fingerprint density at radius 2 is 2.00 bits per heavy atom. The summed E-state index contributed by atoms with van der Waals surface area (Å²) in [6.45, 7) is 9.48. The van der Waals surface area contributed by atoms with E-state index in [-0.39, 0.29) is 5.41 Å². The summed E-state index contributed by atoms with van der Waals surface area (Å²) in [6.07, 6.45) is 0.603. The van der Waals surface area contributed by atoms with Gasteiger partial charge in [0.25, 0.3) is 0 Å². The van der Waals surface area contributed by atoms with E-state index in [4.69, 9.17) is 0 Å². The molecule has 3 nitrogen and oxygen atoms in total. The SMILES string of the molecule is Cc1cccc(CN(C)CCC(=O)C(C)(C)C)n1. The molecule has 3 heteroatoms. The molecular formula is C15H24N2O. The van der Waals surface area contributed by atoms with E-state index in [1.54, 1.807) is 0 Å². The average molecular weight is 248 g/mol. The van der Waals surface area contributed by atoms with Crippen LogP contribution in [0.5, 0.6) is 0 Å². The molecule has 0 saturated carbocycles. The molecule has 1 rings (SSSR count). The number of carbonyl (C=O) groups excluding carboxylic acids is 1. The Labute approximate surface area is 110 Å². The fourth-order valence-electron chi connectivity index (χ4n) is 1.71. The van der Waals surface area contributed by atoms with Crippen LogP contribution in [0.25, 0.3) is 0 Å². The lowest BCUT2D eigenvalue weighted by Gasteiger charge is -2.20. The highest BCUT2D eigenvalue weighted by molar-refractivity contribution is 5.83. The van der Waals surface area contributed by atoms with Gasteiger partial charge in [0.1, 0.15) is 5.78 Å². The van der Waals surface area contributed by atoms with Gasteiger partial charge in [0, 0.05) is 30.6 Å². The van der Waals surface area contributed by atoms with Gasteiger partial charge in [0.2, 0.25) is 0 Å². The second kappa shape index (κ2) is 6.10. The Bertz CT molecular complexity index is 407. The zero-order chi connectivity index (χ0) is 13.8. The first-order valence-corrected chi connectivity index (χ1v) is 6.43. The number of aryl methyl sites for hydroxylation is 1. The van der Waals surface area contributed by atoms with E-state index in [1.165, 1.54) is 0 Å². The quantitative estimate of drug-likeness (QED) is 0.803. The normalized spacial score (nSPS) is 11.9. The third-order valence-electron chi connectivity index (χ3n) is 2.94. The first-order chi connectivity index (χ1) is 8.29. The molecule has 0 unspecified atom stereocenters. The smallest absolute Gasteiger partial charge is 0.139 e. The summed E-state index contributed by atoms with van der Waals surface area (Å²) < 4.78 is 0. The topological polar surface area (TPSA) is 33.2 Å². The number of Topliss-reactive ketones (excluding diaryl/α,β-unsaturated/α-hetero) is 1. The molecule has 1 aromatic heterocycles. The molecule has 0 spiro atoms. The maximum absolute atomic E-state index is 11.8. The highest BCUT2D eigenvalue weighted by Gasteiger charge is 2.20. The van der Waals surface area contributed by atoms with Gasteiger partial charge < -0.3 is 4.90 Å². The van der Waals surface area contributed by atoms with Crippen molar-refractivity contribution in [2.45, 2.75) is 40.7 Å². The summed E-state index contributed by atoms with van der Waals surface area (Å²) in [5.41, 5.74) is 1.86. The molecule has 100 valence electrons. The second-order valence-corrected chi connectivity index (χ2v) is 5.93. The van der Waals surface area contributed by atoms with Gasteiger partial charge in [0.05, 0.1) is 5.69 Å². The molecule has 1 heterocycles. The van der Waals surface area contributed by atoms with Gasteiger partial charge in [-0.25, -0.2) is 0 Å². The number of ketones is 1. The van der Waals surface area contributed by atoms with Crippen molar-refractivity contribution in [2.75, 3.05) is 13.6 Å². The van der Waals surface area contributed by atoms with Crippen LogP contribution in [0.15, 0.2) is 18.2 Å². The molecule has 0 aliphatic carbocycles. The monoisotopic (exact) mass is 248 g/mol. The number of nitrogens with zero attached hydrogens (tertiary/aromatic N) is 2. The van der Waals surface area contributed by atoms with Gasteiger partial charge in [-0.15, -0.1) is 0 Å². The first kappa shape index (κ1) is 14.8. The van der Waals surface area contributed by atoms with E-state index in [1.807, 2.05) is 52.9 Å². The third kappa shape index (κ3) is 4.96. The van der Waals surface area contributed by atoms with Gasteiger partial charge in [0.15, 0.2) is 0 Å². The van der Waals surface area contributed by atoms with Crippen LogP contribution in [-0.2, 0) is 11.3 Å². The van der Waals surface area contributed by atoms with Crippen LogP contribution >= 0.6 is 0 Å². The van der Waals surface area contributed by atoms with Crippen molar-refractivity contribution < 1.29 is 4.79 Å². The number of pyridine rings is 1. The minimum absolute atomic E-state index is 0.234. The van der Waals surface area contributed by atoms with E-state index in [2.05, 4.69) is 9.88 Å². The Morgan fingerprint density at radius 3 is 2.56 bits per heavy atom. The minimum atomic E-state index is -0.234. The van der Waals surface area contributed by atoms with Gasteiger partial charge in [-0.1, -0.05) is 26.8 Å². The van der Waals surface area contributed by atoms with Crippen molar-refractivity contribution in [3.63, 3.8) is 0 Å². The lowest BCUT2D eigenvalue weighted by molar-refractivity contribution is -0.126. The maximum atomic E-state index is 11.8. The minimum Gasteiger partial charge on any atom is -0.300 e. The summed E-state index contributed by atoms with van der Waals surface area (Å²) in [7, 11) is 2.03. The summed E-state index contributed by atoms with van der Waals surface area (Å²) in [5, 5.41) is 0. The van der Waals surface area contributed by atoms with Crippen LogP contribution in [0.3, 0.4) is 0 Å². The maximum Gasteiger partial charge on any atom is 0.139 e. The summed E-state index contributed by atoms with van der Waals surface area (Å²) >= 11 is 0. The van der Waals surface area contributed by atoms with E-state index in [9.17, 15) is 4.79 Å². The van der Waals surface area contributed by atoms with Gasteiger partial charge in [-0.2, -0.15) is 0 Å². The number of aromatic nitrogens is 1. The van der Waals surface area contributed by atoms with Crippen molar-refractivity contribution in [2.24, 2.45) is 5.41 Å². The fraction of sp³-hybridized carbons (Fsp3) is 0.600. The van der Waals surface area contributed by atoms with Crippen LogP contribution < -0.4 is 0 Å². The van der Waals surface area contributed by atoms with Crippen LogP contribution in [-0.4, -0.2) is 29.3 Å². The van der Waals surface area contributed by atoms with Crippen molar-refractivity contribution in [1.82, 2.24) is 9.88 Å². The van der Waals surface area contributed by atoms with Gasteiger partial charge in [-0.05, 0) is 26.1 Å². The van der Waals surface area contributed by atoms with Gasteiger partial charge in [-0.3, -0.25) is 9.78 Å². The molecule has 0 aromatic carbocycles. The molecule has 0 radical (unpaired) electrons. The standard InChI is InChI=1S/C15H24N2O/c1-12-7-6-8-13(16-12)11-17(5)10-9-14(18)15(2,3)4/h6-8H,9-11H2,1-5H3. The second-order valence-electron chi connectivity index (χ2n) is 5.93. The van der Waals surface area contributed by atoms with E-state index in [0.29, 0.717) is 12.2 Å². The average Bonchev–Trinajstić information content (AvgIpc) is 2.24.